The molecule has 0 aromatic rings. The van der Waals surface area contributed by atoms with Gasteiger partial charge >= 0.3 is 23.9 Å². The van der Waals surface area contributed by atoms with Gasteiger partial charge in [-0.2, -0.15) is 0 Å². The number of ether oxygens (including phenoxy) is 5. The predicted molar refractivity (Wildman–Crippen MR) is 106 cm³/mol. The van der Waals surface area contributed by atoms with Crippen molar-refractivity contribution in [2.24, 2.45) is 4.99 Å². The molecule has 0 unspecified atom stereocenters. The molecule has 0 spiro atoms. The van der Waals surface area contributed by atoms with Crippen LogP contribution in [0.15, 0.2) is 4.99 Å². The van der Waals surface area contributed by atoms with Crippen molar-refractivity contribution in [3.63, 3.8) is 0 Å². The Balaban J connectivity index is 2.36. The van der Waals surface area contributed by atoms with Gasteiger partial charge in [0.25, 0.3) is 0 Å². The molecular formula is C20H30N2O9. The van der Waals surface area contributed by atoms with Crippen molar-refractivity contribution >= 4 is 30.2 Å². The second-order valence-corrected chi connectivity index (χ2v) is 7.45. The lowest BCUT2D eigenvalue weighted by Gasteiger charge is -2.43. The summed E-state index contributed by atoms with van der Waals surface area (Å²) in [6.07, 6.45) is -0.788. The Hall–Kier alpha value is -2.69. The van der Waals surface area contributed by atoms with Gasteiger partial charge < -0.3 is 28.6 Å². The normalized spacial score (nSPS) is 28.6. The standard InChI is InChI=1S/C20H30N2O9/c1-12(23)27-10-16-17(28-13(2)24)18(29-14(3)25)19(30-15(4)26)20(31-16)21-11-22-8-6-5-7-9-22/h11,16-20H,5-10H2,1-4H3/b21-11+/t16-,17-,18+,19-,20-/m1/s1. The van der Waals surface area contributed by atoms with Crippen molar-refractivity contribution in [3.8, 4) is 0 Å². The number of carbonyl (C=O) groups excluding carboxylic acids is 4. The molecule has 2 rings (SSSR count). The van der Waals surface area contributed by atoms with E-state index in [1.165, 1.54) is 27.7 Å². The molecule has 2 aliphatic heterocycles. The van der Waals surface area contributed by atoms with Crippen molar-refractivity contribution < 1.29 is 42.9 Å². The molecule has 0 aliphatic carbocycles. The minimum absolute atomic E-state index is 0.270. The summed E-state index contributed by atoms with van der Waals surface area (Å²) in [5.74, 6) is -2.56. The van der Waals surface area contributed by atoms with Crippen LogP contribution in [0.25, 0.3) is 0 Å². The van der Waals surface area contributed by atoms with Gasteiger partial charge in [-0.1, -0.05) is 0 Å². The van der Waals surface area contributed by atoms with Crippen LogP contribution >= 0.6 is 0 Å². The van der Waals surface area contributed by atoms with Crippen molar-refractivity contribution in [2.45, 2.75) is 77.6 Å². The zero-order chi connectivity index (χ0) is 23.0. The number of hydrogen-bond acceptors (Lipinski definition) is 10. The Morgan fingerprint density at radius 1 is 0.839 bits per heavy atom. The second kappa shape index (κ2) is 11.6. The summed E-state index contributed by atoms with van der Waals surface area (Å²) in [4.78, 5) is 53.0. The molecule has 5 atom stereocenters. The third kappa shape index (κ3) is 7.82. The van der Waals surface area contributed by atoms with Crippen LogP contribution in [0.4, 0.5) is 0 Å². The smallest absolute Gasteiger partial charge is 0.303 e. The monoisotopic (exact) mass is 442 g/mol. The van der Waals surface area contributed by atoms with Crippen LogP contribution in [-0.2, 0) is 42.9 Å². The first kappa shape index (κ1) is 24.6. The average molecular weight is 442 g/mol. The van der Waals surface area contributed by atoms with Crippen LogP contribution in [-0.4, -0.2) is 85.5 Å². The van der Waals surface area contributed by atoms with Crippen LogP contribution in [0, 0.1) is 0 Å². The first-order valence-electron chi connectivity index (χ1n) is 10.2. The minimum atomic E-state index is -1.21. The fraction of sp³-hybridized carbons (Fsp3) is 0.750. The highest BCUT2D eigenvalue weighted by atomic mass is 16.7. The van der Waals surface area contributed by atoms with Crippen molar-refractivity contribution in [1.29, 1.82) is 0 Å². The van der Waals surface area contributed by atoms with E-state index in [-0.39, 0.29) is 6.61 Å². The molecule has 0 aromatic heterocycles. The van der Waals surface area contributed by atoms with Gasteiger partial charge in [0.1, 0.15) is 12.7 Å². The summed E-state index contributed by atoms with van der Waals surface area (Å²) in [6, 6.07) is 0. The molecule has 0 amide bonds. The highest BCUT2D eigenvalue weighted by Crippen LogP contribution is 2.30. The maximum Gasteiger partial charge on any atom is 0.303 e. The van der Waals surface area contributed by atoms with Gasteiger partial charge in [0.05, 0.1) is 6.34 Å². The molecular weight excluding hydrogens is 412 g/mol. The summed E-state index contributed by atoms with van der Waals surface area (Å²) in [5, 5.41) is 0. The maximum absolute atomic E-state index is 11.8. The highest BCUT2D eigenvalue weighted by molar-refractivity contribution is 5.69. The summed E-state index contributed by atoms with van der Waals surface area (Å²) in [5.41, 5.74) is 0. The summed E-state index contributed by atoms with van der Waals surface area (Å²) in [7, 11) is 0. The molecule has 2 fully saturated rings. The number of hydrogen-bond donors (Lipinski definition) is 0. The number of rotatable bonds is 7. The number of nitrogens with zero attached hydrogens (tertiary/aromatic N) is 2. The molecule has 2 heterocycles. The van der Waals surface area contributed by atoms with Gasteiger partial charge in [-0.05, 0) is 19.3 Å². The third-order valence-corrected chi connectivity index (χ3v) is 4.73. The summed E-state index contributed by atoms with van der Waals surface area (Å²) < 4.78 is 27.0. The molecule has 0 saturated carbocycles. The van der Waals surface area contributed by atoms with Crippen LogP contribution < -0.4 is 0 Å². The van der Waals surface area contributed by atoms with E-state index >= 15 is 0 Å². The van der Waals surface area contributed by atoms with E-state index in [0.717, 1.165) is 32.4 Å². The average Bonchev–Trinajstić information content (AvgIpc) is 2.68. The fourth-order valence-electron chi connectivity index (χ4n) is 3.52. The molecule has 0 N–H and O–H groups in total. The molecule has 0 aromatic carbocycles. The molecule has 0 bridgehead atoms. The lowest BCUT2D eigenvalue weighted by atomic mass is 9.97. The Bertz CT molecular complexity index is 690. The van der Waals surface area contributed by atoms with E-state index in [2.05, 4.69) is 4.99 Å². The number of carbonyl (C=O) groups is 4. The first-order valence-corrected chi connectivity index (χ1v) is 10.2. The van der Waals surface area contributed by atoms with E-state index in [4.69, 9.17) is 23.7 Å². The summed E-state index contributed by atoms with van der Waals surface area (Å²) >= 11 is 0. The fourth-order valence-corrected chi connectivity index (χ4v) is 3.52. The van der Waals surface area contributed by atoms with Crippen LogP contribution in [0.2, 0.25) is 0 Å². The second-order valence-electron chi connectivity index (χ2n) is 7.45. The lowest BCUT2D eigenvalue weighted by Crippen LogP contribution is -2.62. The van der Waals surface area contributed by atoms with Crippen molar-refractivity contribution in [1.82, 2.24) is 4.90 Å². The Morgan fingerprint density at radius 2 is 1.39 bits per heavy atom. The van der Waals surface area contributed by atoms with Crippen LogP contribution in [0.3, 0.4) is 0 Å². The van der Waals surface area contributed by atoms with Gasteiger partial charge in [-0.3, -0.25) is 19.2 Å². The number of aliphatic imine (C=N–C) groups is 1. The number of piperidine rings is 1. The molecule has 0 radical (unpaired) electrons. The van der Waals surface area contributed by atoms with Gasteiger partial charge in [0.2, 0.25) is 0 Å². The third-order valence-electron chi connectivity index (χ3n) is 4.73. The topological polar surface area (TPSA) is 130 Å². The SMILES string of the molecule is CC(=O)OC[C@H]1O[C@@H](/N=C/N2CCCCC2)[C@H](OC(C)=O)[C@@H](OC(C)=O)[C@@H]1OC(C)=O. The Morgan fingerprint density at radius 3 is 1.94 bits per heavy atom. The Kier molecular flexibility index (Phi) is 9.22. The van der Waals surface area contributed by atoms with Gasteiger partial charge in [0, 0.05) is 40.8 Å². The van der Waals surface area contributed by atoms with Gasteiger partial charge in [-0.15, -0.1) is 0 Å². The van der Waals surface area contributed by atoms with E-state index in [1.807, 2.05) is 4.90 Å². The minimum Gasteiger partial charge on any atom is -0.463 e. The number of esters is 4. The van der Waals surface area contributed by atoms with Gasteiger partial charge in [0.15, 0.2) is 24.5 Å². The van der Waals surface area contributed by atoms with Gasteiger partial charge in [-0.25, -0.2) is 4.99 Å². The molecule has 31 heavy (non-hydrogen) atoms. The van der Waals surface area contributed by atoms with Crippen molar-refractivity contribution in [3.05, 3.63) is 0 Å². The zero-order valence-electron chi connectivity index (χ0n) is 18.3. The zero-order valence-corrected chi connectivity index (χ0v) is 18.3. The highest BCUT2D eigenvalue weighted by Gasteiger charge is 2.52. The molecule has 174 valence electrons. The molecule has 2 aliphatic rings. The molecule has 11 nitrogen and oxygen atoms in total. The molecule has 2 saturated heterocycles. The maximum atomic E-state index is 11.8. The largest absolute Gasteiger partial charge is 0.463 e. The first-order chi connectivity index (χ1) is 14.7. The van der Waals surface area contributed by atoms with Crippen LogP contribution in [0.1, 0.15) is 47.0 Å². The van der Waals surface area contributed by atoms with E-state index < -0.39 is 54.5 Å². The van der Waals surface area contributed by atoms with E-state index in [1.54, 1.807) is 6.34 Å². The number of likely N-dealkylation sites (tertiary alicyclic amines) is 1. The van der Waals surface area contributed by atoms with Crippen LogP contribution in [0.5, 0.6) is 0 Å². The Labute approximate surface area is 181 Å². The van der Waals surface area contributed by atoms with Crippen molar-refractivity contribution in [2.75, 3.05) is 19.7 Å². The van der Waals surface area contributed by atoms with E-state index in [0.29, 0.717) is 0 Å². The summed E-state index contributed by atoms with van der Waals surface area (Å²) in [6.45, 7) is 6.16. The van der Waals surface area contributed by atoms with E-state index in [9.17, 15) is 19.2 Å². The lowest BCUT2D eigenvalue weighted by molar-refractivity contribution is -0.250. The predicted octanol–water partition coefficient (Wildman–Crippen LogP) is 0.584. The molecule has 11 heteroatoms. The quantitative estimate of drug-likeness (QED) is 0.239.